The molecule has 0 radical (unpaired) electrons. The molecule has 31 heavy (non-hydrogen) atoms. The number of ether oxygens (including phenoxy) is 1. The predicted octanol–water partition coefficient (Wildman–Crippen LogP) is 5.73. The minimum atomic E-state index is 0.275. The Balaban J connectivity index is 1.51. The molecule has 0 bridgehead atoms. The topological polar surface area (TPSA) is 15.7 Å². The van der Waals surface area contributed by atoms with Crippen molar-refractivity contribution in [3.63, 3.8) is 0 Å². The molecule has 1 heterocycles. The van der Waals surface area contributed by atoms with Gasteiger partial charge in [-0.1, -0.05) is 38.5 Å². The molecule has 3 nitrogen and oxygen atoms in total. The van der Waals surface area contributed by atoms with Gasteiger partial charge in [-0.25, -0.2) is 0 Å². The number of fused-ring (bicyclic) bond motifs is 5. The van der Waals surface area contributed by atoms with Crippen LogP contribution in [0.15, 0.2) is 23.3 Å². The van der Waals surface area contributed by atoms with E-state index in [1.807, 2.05) is 0 Å². The third kappa shape index (κ3) is 3.16. The Labute approximate surface area is 191 Å². The summed E-state index contributed by atoms with van der Waals surface area (Å²) in [6.07, 6.45) is 15.0. The zero-order valence-corrected chi connectivity index (χ0v) is 21.2. The molecule has 8 unspecified atom stereocenters. The molecule has 0 aromatic rings. The first-order valence-electron chi connectivity index (χ1n) is 13.0. The van der Waals surface area contributed by atoms with E-state index in [0.717, 1.165) is 25.2 Å². The molecule has 5 aliphatic rings. The molecule has 0 aromatic heterocycles. The van der Waals surface area contributed by atoms with Gasteiger partial charge in [0.05, 0.1) is 13.3 Å². The molecule has 0 N–H and O–H groups in total. The van der Waals surface area contributed by atoms with Gasteiger partial charge in [0, 0.05) is 17.5 Å². The predicted molar refractivity (Wildman–Crippen MR) is 129 cm³/mol. The van der Waals surface area contributed by atoms with E-state index in [-0.39, 0.29) is 5.41 Å². The van der Waals surface area contributed by atoms with Gasteiger partial charge >= 0.3 is 0 Å². The van der Waals surface area contributed by atoms with Gasteiger partial charge in [0.2, 0.25) is 0 Å². The highest BCUT2D eigenvalue weighted by molar-refractivity contribution is 5.38. The lowest BCUT2D eigenvalue weighted by Gasteiger charge is -2.54. The van der Waals surface area contributed by atoms with E-state index in [9.17, 15) is 0 Å². The van der Waals surface area contributed by atoms with Crippen molar-refractivity contribution < 1.29 is 4.74 Å². The van der Waals surface area contributed by atoms with E-state index in [4.69, 9.17) is 4.74 Å². The van der Waals surface area contributed by atoms with Crippen LogP contribution in [0.3, 0.4) is 0 Å². The average Bonchev–Trinajstić information content (AvgIpc) is 2.84. The lowest BCUT2D eigenvalue weighted by atomic mass is 9.55. The summed E-state index contributed by atoms with van der Waals surface area (Å²) < 4.78 is 6.10. The largest absolute Gasteiger partial charge is 0.365 e. The molecule has 3 fully saturated rings. The normalized spacial score (nSPS) is 48.6. The van der Waals surface area contributed by atoms with E-state index in [2.05, 4.69) is 70.8 Å². The number of nitrogens with zero attached hydrogens (tertiary/aromatic N) is 2. The second kappa shape index (κ2) is 7.43. The molecule has 3 heteroatoms. The maximum Gasteiger partial charge on any atom is 0.0990 e. The number of hydrogen-bond acceptors (Lipinski definition) is 3. The highest BCUT2D eigenvalue weighted by Crippen LogP contribution is 2.65. The van der Waals surface area contributed by atoms with Crippen LogP contribution in [-0.2, 0) is 4.74 Å². The van der Waals surface area contributed by atoms with Gasteiger partial charge < -0.3 is 9.64 Å². The second-order valence-corrected chi connectivity index (χ2v) is 12.9. The summed E-state index contributed by atoms with van der Waals surface area (Å²) in [5, 5.41) is 0. The molecule has 4 aliphatic carbocycles. The van der Waals surface area contributed by atoms with Crippen molar-refractivity contribution in [2.75, 3.05) is 34.5 Å². The summed E-state index contributed by atoms with van der Waals surface area (Å²) in [7, 11) is 6.80. The number of hydrogen-bond donors (Lipinski definition) is 0. The van der Waals surface area contributed by atoms with Crippen molar-refractivity contribution in [3.8, 4) is 0 Å². The Morgan fingerprint density at radius 2 is 1.90 bits per heavy atom. The Morgan fingerprint density at radius 1 is 1.13 bits per heavy atom. The molecule has 8 atom stereocenters. The smallest absolute Gasteiger partial charge is 0.0990 e. The Kier molecular flexibility index (Phi) is 5.32. The van der Waals surface area contributed by atoms with Gasteiger partial charge in [0.25, 0.3) is 0 Å². The van der Waals surface area contributed by atoms with Crippen molar-refractivity contribution in [1.29, 1.82) is 0 Å². The van der Waals surface area contributed by atoms with Crippen molar-refractivity contribution in [3.05, 3.63) is 23.3 Å². The maximum atomic E-state index is 6.10. The molecule has 0 aromatic carbocycles. The summed E-state index contributed by atoms with van der Waals surface area (Å²) in [5.74, 6) is 2.21. The first-order valence-corrected chi connectivity index (χ1v) is 13.0. The SMILES string of the molecule is CC(C1CCC2(C)CC3CCC4C(=CC3=CC12C)CCC1N(C)COCC41C)N(C)C. The summed E-state index contributed by atoms with van der Waals surface area (Å²) in [4.78, 5) is 4.94. The molecular weight excluding hydrogens is 380 g/mol. The van der Waals surface area contributed by atoms with Crippen LogP contribution < -0.4 is 0 Å². The van der Waals surface area contributed by atoms with Crippen molar-refractivity contribution in [1.82, 2.24) is 9.80 Å². The monoisotopic (exact) mass is 426 g/mol. The van der Waals surface area contributed by atoms with Gasteiger partial charge in [0.1, 0.15) is 0 Å². The van der Waals surface area contributed by atoms with Crippen molar-refractivity contribution in [2.45, 2.75) is 84.7 Å². The third-order valence-electron chi connectivity index (χ3n) is 11.2. The van der Waals surface area contributed by atoms with Gasteiger partial charge in [-0.15, -0.1) is 0 Å². The van der Waals surface area contributed by atoms with Crippen LogP contribution in [-0.4, -0.2) is 56.4 Å². The minimum absolute atomic E-state index is 0.275. The standard InChI is InChI=1S/C28H46N2O/c1-19(29(5)6)23-12-13-26(2)15-21-8-10-24-20(14-22(21)16-28(23,26)4)9-11-25-27(24,3)17-31-18-30(25)7/h14,16,19,21,23-25H,8-13,15,17-18H2,1-7H3. The number of allylic oxidation sites excluding steroid dienone is 4. The minimum Gasteiger partial charge on any atom is -0.365 e. The second-order valence-electron chi connectivity index (χ2n) is 12.9. The Morgan fingerprint density at radius 3 is 2.65 bits per heavy atom. The zero-order valence-electron chi connectivity index (χ0n) is 21.2. The average molecular weight is 427 g/mol. The fourth-order valence-electron chi connectivity index (χ4n) is 8.90. The van der Waals surface area contributed by atoms with Gasteiger partial charge in [-0.05, 0) is 107 Å². The van der Waals surface area contributed by atoms with E-state index in [1.54, 1.807) is 11.1 Å². The zero-order chi connectivity index (χ0) is 22.2. The molecule has 174 valence electrons. The lowest BCUT2D eigenvalue weighted by Crippen LogP contribution is -2.58. The molecule has 0 spiro atoms. The van der Waals surface area contributed by atoms with E-state index < -0.39 is 0 Å². The van der Waals surface area contributed by atoms with Crippen LogP contribution in [0.1, 0.15) is 72.6 Å². The summed E-state index contributed by atoms with van der Waals surface area (Å²) >= 11 is 0. The van der Waals surface area contributed by atoms with E-state index in [0.29, 0.717) is 28.8 Å². The van der Waals surface area contributed by atoms with Crippen LogP contribution in [0.25, 0.3) is 0 Å². The quantitative estimate of drug-likeness (QED) is 0.561. The third-order valence-corrected chi connectivity index (χ3v) is 11.2. The molecule has 2 saturated carbocycles. The van der Waals surface area contributed by atoms with Crippen molar-refractivity contribution >= 4 is 0 Å². The highest BCUT2D eigenvalue weighted by Gasteiger charge is 2.58. The fraction of sp³-hybridized carbons (Fsp3) is 0.857. The fourth-order valence-corrected chi connectivity index (χ4v) is 8.90. The molecule has 1 saturated heterocycles. The van der Waals surface area contributed by atoms with Gasteiger partial charge in [-0.2, -0.15) is 0 Å². The molecule has 5 rings (SSSR count). The first kappa shape index (κ1) is 22.2. The van der Waals surface area contributed by atoms with Crippen LogP contribution in [0.2, 0.25) is 0 Å². The molecule has 1 aliphatic heterocycles. The first-order chi connectivity index (χ1) is 14.6. The van der Waals surface area contributed by atoms with E-state index in [1.165, 1.54) is 44.9 Å². The maximum absolute atomic E-state index is 6.10. The molecular formula is C28H46N2O. The van der Waals surface area contributed by atoms with Crippen molar-refractivity contribution in [2.24, 2.45) is 34.0 Å². The molecule has 0 amide bonds. The lowest BCUT2D eigenvalue weighted by molar-refractivity contribution is -0.142. The Hall–Kier alpha value is -0.640. The van der Waals surface area contributed by atoms with Crippen LogP contribution in [0.4, 0.5) is 0 Å². The highest BCUT2D eigenvalue weighted by atomic mass is 16.5. The summed E-state index contributed by atoms with van der Waals surface area (Å²) in [6, 6.07) is 1.31. The Bertz CT molecular complexity index is 786. The van der Waals surface area contributed by atoms with Gasteiger partial charge in [-0.3, -0.25) is 4.90 Å². The summed E-state index contributed by atoms with van der Waals surface area (Å²) in [5.41, 5.74) is 4.48. The van der Waals surface area contributed by atoms with E-state index >= 15 is 0 Å². The van der Waals surface area contributed by atoms with Crippen LogP contribution >= 0.6 is 0 Å². The summed E-state index contributed by atoms with van der Waals surface area (Å²) in [6.45, 7) is 12.0. The van der Waals surface area contributed by atoms with Crippen LogP contribution in [0, 0.1) is 34.0 Å². The van der Waals surface area contributed by atoms with Crippen LogP contribution in [0.5, 0.6) is 0 Å². The van der Waals surface area contributed by atoms with Gasteiger partial charge in [0.15, 0.2) is 0 Å². The number of rotatable bonds is 2.